The first kappa shape index (κ1) is 12.9. The van der Waals surface area contributed by atoms with Crippen LogP contribution in [0.1, 0.15) is 40.0 Å². The van der Waals surface area contributed by atoms with Crippen molar-refractivity contribution >= 4 is 0 Å². The maximum absolute atomic E-state index is 5.79. The number of nitrogens with one attached hydrogen (secondary N) is 1. The van der Waals surface area contributed by atoms with Crippen LogP contribution in [0.15, 0.2) is 0 Å². The third kappa shape index (κ3) is 6.88. The molecular formula is C12H25NO2. The summed E-state index contributed by atoms with van der Waals surface area (Å²) in [5, 5.41) is 3.38. The SMILES string of the molecule is CC(C)(C)OCCOC1CCCNCC1. The van der Waals surface area contributed by atoms with Gasteiger partial charge in [-0.3, -0.25) is 0 Å². The van der Waals surface area contributed by atoms with E-state index in [9.17, 15) is 0 Å². The van der Waals surface area contributed by atoms with E-state index in [2.05, 4.69) is 26.1 Å². The number of ether oxygens (including phenoxy) is 2. The quantitative estimate of drug-likeness (QED) is 0.727. The molecule has 3 nitrogen and oxygen atoms in total. The van der Waals surface area contributed by atoms with Crippen LogP contribution in [-0.4, -0.2) is 38.0 Å². The molecule has 1 rings (SSSR count). The number of hydrogen-bond acceptors (Lipinski definition) is 3. The summed E-state index contributed by atoms with van der Waals surface area (Å²) in [7, 11) is 0. The minimum Gasteiger partial charge on any atom is -0.376 e. The van der Waals surface area contributed by atoms with E-state index in [0.717, 1.165) is 26.1 Å². The molecule has 1 fully saturated rings. The predicted molar refractivity (Wildman–Crippen MR) is 62.2 cm³/mol. The molecule has 0 radical (unpaired) electrons. The van der Waals surface area contributed by atoms with Crippen LogP contribution in [0.2, 0.25) is 0 Å². The van der Waals surface area contributed by atoms with Crippen molar-refractivity contribution in [1.29, 1.82) is 0 Å². The second-order valence-corrected chi connectivity index (χ2v) is 5.13. The number of hydrogen-bond donors (Lipinski definition) is 1. The van der Waals surface area contributed by atoms with Gasteiger partial charge in [-0.2, -0.15) is 0 Å². The van der Waals surface area contributed by atoms with Gasteiger partial charge in [0.15, 0.2) is 0 Å². The van der Waals surface area contributed by atoms with Gasteiger partial charge in [0, 0.05) is 0 Å². The fraction of sp³-hybridized carbons (Fsp3) is 1.00. The predicted octanol–water partition coefficient (Wildman–Crippen LogP) is 1.96. The Morgan fingerprint density at radius 3 is 2.67 bits per heavy atom. The maximum atomic E-state index is 5.79. The van der Waals surface area contributed by atoms with Crippen LogP contribution in [0.25, 0.3) is 0 Å². The normalized spacial score (nSPS) is 23.8. The van der Waals surface area contributed by atoms with Gasteiger partial charge in [-0.15, -0.1) is 0 Å². The van der Waals surface area contributed by atoms with Crippen LogP contribution in [-0.2, 0) is 9.47 Å². The zero-order valence-electron chi connectivity index (χ0n) is 10.3. The zero-order valence-corrected chi connectivity index (χ0v) is 10.3. The molecule has 0 aliphatic carbocycles. The minimum atomic E-state index is -0.0473. The largest absolute Gasteiger partial charge is 0.376 e. The highest BCUT2D eigenvalue weighted by molar-refractivity contribution is 4.66. The molecule has 1 heterocycles. The molecule has 90 valence electrons. The van der Waals surface area contributed by atoms with Crippen LogP contribution in [0.3, 0.4) is 0 Å². The third-order valence-corrected chi connectivity index (χ3v) is 2.49. The van der Waals surface area contributed by atoms with Gasteiger partial charge in [-0.1, -0.05) is 0 Å². The average molecular weight is 215 g/mol. The molecule has 1 atom stereocenters. The second kappa shape index (κ2) is 6.46. The Hall–Kier alpha value is -0.120. The van der Waals surface area contributed by atoms with E-state index in [1.54, 1.807) is 0 Å². The Kier molecular flexibility index (Phi) is 5.58. The van der Waals surface area contributed by atoms with Crippen LogP contribution in [0.4, 0.5) is 0 Å². The molecule has 0 aromatic heterocycles. The van der Waals surface area contributed by atoms with E-state index in [1.165, 1.54) is 12.8 Å². The van der Waals surface area contributed by atoms with Gasteiger partial charge in [0.25, 0.3) is 0 Å². The molecule has 1 unspecified atom stereocenters. The highest BCUT2D eigenvalue weighted by Crippen LogP contribution is 2.10. The van der Waals surface area contributed by atoms with Crippen molar-refractivity contribution in [3.63, 3.8) is 0 Å². The summed E-state index contributed by atoms with van der Waals surface area (Å²) in [5.41, 5.74) is -0.0473. The van der Waals surface area contributed by atoms with Crippen molar-refractivity contribution in [1.82, 2.24) is 5.32 Å². The van der Waals surface area contributed by atoms with Crippen LogP contribution in [0.5, 0.6) is 0 Å². The first-order valence-corrected chi connectivity index (χ1v) is 6.04. The summed E-state index contributed by atoms with van der Waals surface area (Å²) in [6, 6.07) is 0. The Labute approximate surface area is 93.5 Å². The summed E-state index contributed by atoms with van der Waals surface area (Å²) in [4.78, 5) is 0. The first-order chi connectivity index (χ1) is 7.08. The highest BCUT2D eigenvalue weighted by Gasteiger charge is 2.13. The van der Waals surface area contributed by atoms with Crippen molar-refractivity contribution in [2.45, 2.75) is 51.7 Å². The van der Waals surface area contributed by atoms with Crippen molar-refractivity contribution in [3.05, 3.63) is 0 Å². The molecule has 0 bridgehead atoms. The molecule has 15 heavy (non-hydrogen) atoms. The van der Waals surface area contributed by atoms with E-state index < -0.39 is 0 Å². The van der Waals surface area contributed by atoms with Crippen molar-refractivity contribution in [2.24, 2.45) is 0 Å². The number of rotatable bonds is 4. The van der Waals surface area contributed by atoms with E-state index in [4.69, 9.17) is 9.47 Å². The van der Waals surface area contributed by atoms with Gasteiger partial charge < -0.3 is 14.8 Å². The lowest BCUT2D eigenvalue weighted by atomic mass is 10.2. The van der Waals surface area contributed by atoms with Crippen molar-refractivity contribution in [3.8, 4) is 0 Å². The first-order valence-electron chi connectivity index (χ1n) is 6.04. The summed E-state index contributed by atoms with van der Waals surface area (Å²) in [6.45, 7) is 9.87. The molecule has 0 aromatic rings. The summed E-state index contributed by atoms with van der Waals surface area (Å²) >= 11 is 0. The summed E-state index contributed by atoms with van der Waals surface area (Å²) in [5.74, 6) is 0. The summed E-state index contributed by atoms with van der Waals surface area (Å²) in [6.07, 6.45) is 3.98. The zero-order chi connectivity index (χ0) is 11.1. The fourth-order valence-electron chi connectivity index (χ4n) is 1.72. The molecule has 0 saturated carbocycles. The van der Waals surface area contributed by atoms with Gasteiger partial charge >= 0.3 is 0 Å². The molecule has 1 aliphatic rings. The third-order valence-electron chi connectivity index (χ3n) is 2.49. The molecule has 1 aliphatic heterocycles. The van der Waals surface area contributed by atoms with Gasteiger partial charge in [-0.05, 0) is 53.1 Å². The standard InChI is InChI=1S/C12H25NO2/c1-12(2,3)15-10-9-14-11-5-4-7-13-8-6-11/h11,13H,4-10H2,1-3H3. The molecule has 0 spiro atoms. The highest BCUT2D eigenvalue weighted by atomic mass is 16.5. The van der Waals surface area contributed by atoms with Crippen molar-refractivity contribution in [2.75, 3.05) is 26.3 Å². The molecule has 0 aromatic carbocycles. The van der Waals surface area contributed by atoms with E-state index >= 15 is 0 Å². The lowest BCUT2D eigenvalue weighted by Crippen LogP contribution is -2.24. The Balaban J connectivity index is 2.03. The molecular weight excluding hydrogens is 190 g/mol. The lowest BCUT2D eigenvalue weighted by Gasteiger charge is -2.21. The topological polar surface area (TPSA) is 30.5 Å². The Morgan fingerprint density at radius 2 is 1.93 bits per heavy atom. The average Bonchev–Trinajstić information content (AvgIpc) is 2.39. The van der Waals surface area contributed by atoms with Gasteiger partial charge in [0.05, 0.1) is 24.9 Å². The van der Waals surface area contributed by atoms with Gasteiger partial charge in [0.1, 0.15) is 0 Å². The minimum absolute atomic E-state index is 0.0473. The maximum Gasteiger partial charge on any atom is 0.0707 e. The van der Waals surface area contributed by atoms with Crippen LogP contribution < -0.4 is 5.32 Å². The Bertz CT molecular complexity index is 157. The molecule has 0 amide bonds. The van der Waals surface area contributed by atoms with E-state index in [1.807, 2.05) is 0 Å². The smallest absolute Gasteiger partial charge is 0.0707 e. The van der Waals surface area contributed by atoms with Crippen molar-refractivity contribution < 1.29 is 9.47 Å². The van der Waals surface area contributed by atoms with Crippen LogP contribution in [0, 0.1) is 0 Å². The fourth-order valence-corrected chi connectivity index (χ4v) is 1.72. The van der Waals surface area contributed by atoms with Gasteiger partial charge in [-0.25, -0.2) is 0 Å². The molecule has 1 saturated heterocycles. The molecule has 3 heteroatoms. The summed E-state index contributed by atoms with van der Waals surface area (Å²) < 4.78 is 11.4. The lowest BCUT2D eigenvalue weighted by molar-refractivity contribution is -0.0532. The van der Waals surface area contributed by atoms with Gasteiger partial charge in [0.2, 0.25) is 0 Å². The van der Waals surface area contributed by atoms with E-state index in [0.29, 0.717) is 12.7 Å². The molecule has 1 N–H and O–H groups in total. The second-order valence-electron chi connectivity index (χ2n) is 5.13. The van der Waals surface area contributed by atoms with E-state index in [-0.39, 0.29) is 5.60 Å². The Morgan fingerprint density at radius 1 is 1.13 bits per heavy atom. The monoisotopic (exact) mass is 215 g/mol. The van der Waals surface area contributed by atoms with Crippen LogP contribution >= 0.6 is 0 Å².